The van der Waals surface area contributed by atoms with Gasteiger partial charge in [-0.2, -0.15) is 0 Å². The van der Waals surface area contributed by atoms with E-state index in [1.807, 2.05) is 0 Å². The Bertz CT molecular complexity index is 739. The molecular weight excluding hydrogens is 371 g/mol. The third kappa shape index (κ3) is 5.66. The monoisotopic (exact) mass is 404 g/mol. The van der Waals surface area contributed by atoms with E-state index in [4.69, 9.17) is 0 Å². The molecule has 0 saturated carbocycles. The molecule has 1 amide bonds. The molecule has 1 aliphatic rings. The van der Waals surface area contributed by atoms with Crippen LogP contribution in [-0.2, 0) is 9.59 Å². The summed E-state index contributed by atoms with van der Waals surface area (Å²) in [6.07, 6.45) is 5.20. The molecule has 0 bridgehead atoms. The molecule has 0 aliphatic carbocycles. The fourth-order valence-electron chi connectivity index (χ4n) is 3.83. The lowest BCUT2D eigenvalue weighted by molar-refractivity contribution is -0.129. The Hall–Kier alpha value is -2.21. The summed E-state index contributed by atoms with van der Waals surface area (Å²) in [5.74, 6) is -2.06. The largest absolute Gasteiger partial charge is 0.503 e. The van der Waals surface area contributed by atoms with Crippen molar-refractivity contribution in [3.63, 3.8) is 0 Å². The van der Waals surface area contributed by atoms with Gasteiger partial charge in [0.25, 0.3) is 5.91 Å². The predicted octanol–water partition coefficient (Wildman–Crippen LogP) is 4.40. The van der Waals surface area contributed by atoms with Crippen LogP contribution in [0.2, 0.25) is 0 Å². The minimum Gasteiger partial charge on any atom is -0.503 e. The Morgan fingerprint density at radius 1 is 1.10 bits per heavy atom. The van der Waals surface area contributed by atoms with Crippen LogP contribution in [0.1, 0.15) is 64.5 Å². The zero-order valence-electron chi connectivity index (χ0n) is 17.8. The van der Waals surface area contributed by atoms with Gasteiger partial charge >= 0.3 is 0 Å². The number of aliphatic hydroxyl groups excluding tert-OH is 1. The Labute approximate surface area is 173 Å². The van der Waals surface area contributed by atoms with Crippen LogP contribution >= 0.6 is 0 Å². The Kier molecular flexibility index (Phi) is 8.83. The number of ketones is 1. The summed E-state index contributed by atoms with van der Waals surface area (Å²) in [7, 11) is 0. The van der Waals surface area contributed by atoms with Crippen LogP contribution in [0.5, 0.6) is 0 Å². The standard InChI is InChI=1S/C23H33FN2O3/c1-4-6-13-25(14-7-5-2)15-10-16-26-21(18-11-8-9-12-19(18)24)20(17(3)27)22(28)23(26)29/h8-9,11-12,21,28H,4-7,10,13-16H2,1-3H3. The zero-order chi connectivity index (χ0) is 21.4. The highest BCUT2D eigenvalue weighted by atomic mass is 19.1. The number of hydrogen-bond acceptors (Lipinski definition) is 4. The third-order valence-corrected chi connectivity index (χ3v) is 5.41. The number of benzene rings is 1. The lowest BCUT2D eigenvalue weighted by Gasteiger charge is -2.28. The van der Waals surface area contributed by atoms with Crippen LogP contribution in [0.25, 0.3) is 0 Å². The molecule has 1 unspecified atom stereocenters. The van der Waals surface area contributed by atoms with Gasteiger partial charge in [0.05, 0.1) is 11.6 Å². The van der Waals surface area contributed by atoms with Crippen LogP contribution in [0.3, 0.4) is 0 Å². The summed E-state index contributed by atoms with van der Waals surface area (Å²) >= 11 is 0. The average Bonchev–Trinajstić information content (AvgIpc) is 2.94. The molecule has 2 rings (SSSR count). The summed E-state index contributed by atoms with van der Waals surface area (Å²) in [4.78, 5) is 28.6. The van der Waals surface area contributed by atoms with E-state index >= 15 is 0 Å². The van der Waals surface area contributed by atoms with Crippen molar-refractivity contribution < 1.29 is 19.1 Å². The molecule has 0 fully saturated rings. The number of aliphatic hydroxyl groups is 1. The molecular formula is C23H33FN2O3. The lowest BCUT2D eigenvalue weighted by Crippen LogP contribution is -2.35. The van der Waals surface area contributed by atoms with E-state index in [1.165, 1.54) is 17.9 Å². The van der Waals surface area contributed by atoms with Gasteiger partial charge in [0.2, 0.25) is 0 Å². The maximum Gasteiger partial charge on any atom is 0.290 e. The molecule has 1 heterocycles. The number of Topliss-reactive ketones (excluding diaryl/α,β-unsaturated/α-hetero) is 1. The van der Waals surface area contributed by atoms with E-state index in [9.17, 15) is 19.1 Å². The fourth-order valence-corrected chi connectivity index (χ4v) is 3.83. The summed E-state index contributed by atoms with van der Waals surface area (Å²) in [5.41, 5.74) is 0.220. The minimum absolute atomic E-state index is 0.0195. The molecule has 5 nitrogen and oxygen atoms in total. The molecule has 29 heavy (non-hydrogen) atoms. The first-order chi connectivity index (χ1) is 13.9. The quantitative estimate of drug-likeness (QED) is 0.561. The third-order valence-electron chi connectivity index (χ3n) is 5.41. The smallest absolute Gasteiger partial charge is 0.290 e. The highest BCUT2D eigenvalue weighted by molar-refractivity contribution is 6.08. The summed E-state index contributed by atoms with van der Waals surface area (Å²) in [6, 6.07) is 5.24. The van der Waals surface area contributed by atoms with Gasteiger partial charge in [0.15, 0.2) is 11.5 Å². The van der Waals surface area contributed by atoms with Crippen molar-refractivity contribution in [3.05, 3.63) is 47.0 Å². The first-order valence-corrected chi connectivity index (χ1v) is 10.6. The normalized spacial score (nSPS) is 16.9. The fraction of sp³-hybridized carbons (Fsp3) is 0.565. The van der Waals surface area contributed by atoms with Crippen molar-refractivity contribution >= 4 is 11.7 Å². The number of carbonyl (C=O) groups excluding carboxylic acids is 2. The van der Waals surface area contributed by atoms with Crippen molar-refractivity contribution in [1.82, 2.24) is 9.80 Å². The summed E-state index contributed by atoms with van der Waals surface area (Å²) < 4.78 is 14.5. The first kappa shape index (κ1) is 23.1. The number of halogens is 1. The summed E-state index contributed by atoms with van der Waals surface area (Å²) in [6.45, 7) is 8.84. The van der Waals surface area contributed by atoms with Gasteiger partial charge in [-0.3, -0.25) is 9.59 Å². The minimum atomic E-state index is -0.874. The molecule has 1 aromatic carbocycles. The molecule has 0 aromatic heterocycles. The van der Waals surface area contributed by atoms with E-state index in [0.29, 0.717) is 13.0 Å². The molecule has 0 radical (unpaired) electrons. The molecule has 0 saturated heterocycles. The molecule has 6 heteroatoms. The summed E-state index contributed by atoms with van der Waals surface area (Å²) in [5, 5.41) is 10.3. The van der Waals surface area contributed by atoms with Gasteiger partial charge in [0.1, 0.15) is 5.82 Å². The zero-order valence-corrected chi connectivity index (χ0v) is 17.8. The van der Waals surface area contributed by atoms with Crippen molar-refractivity contribution in [2.24, 2.45) is 0 Å². The second kappa shape index (κ2) is 11.1. The SMILES string of the molecule is CCCCN(CCCC)CCCN1C(=O)C(O)=C(C(C)=O)C1c1ccccc1F. The second-order valence-electron chi connectivity index (χ2n) is 7.64. The number of unbranched alkanes of at least 4 members (excludes halogenated alkanes) is 2. The highest BCUT2D eigenvalue weighted by Gasteiger charge is 2.43. The topological polar surface area (TPSA) is 60.9 Å². The van der Waals surface area contributed by atoms with Crippen molar-refractivity contribution in [2.45, 2.75) is 58.9 Å². The van der Waals surface area contributed by atoms with Crippen LogP contribution in [0.4, 0.5) is 4.39 Å². The number of rotatable bonds is 12. The van der Waals surface area contributed by atoms with Crippen LogP contribution < -0.4 is 0 Å². The van der Waals surface area contributed by atoms with E-state index < -0.39 is 29.3 Å². The average molecular weight is 405 g/mol. The number of amides is 1. The first-order valence-electron chi connectivity index (χ1n) is 10.6. The van der Waals surface area contributed by atoms with E-state index in [1.54, 1.807) is 18.2 Å². The van der Waals surface area contributed by atoms with Crippen molar-refractivity contribution in [2.75, 3.05) is 26.2 Å². The van der Waals surface area contributed by atoms with Crippen LogP contribution in [0.15, 0.2) is 35.6 Å². The predicted molar refractivity (Wildman–Crippen MR) is 112 cm³/mol. The van der Waals surface area contributed by atoms with E-state index in [0.717, 1.165) is 45.3 Å². The number of hydrogen-bond donors (Lipinski definition) is 1. The van der Waals surface area contributed by atoms with Gasteiger partial charge in [-0.25, -0.2) is 4.39 Å². The van der Waals surface area contributed by atoms with E-state index in [-0.39, 0.29) is 11.1 Å². The molecule has 160 valence electrons. The van der Waals surface area contributed by atoms with Crippen LogP contribution in [0, 0.1) is 5.82 Å². The van der Waals surface area contributed by atoms with Gasteiger partial charge in [-0.05, 0) is 51.9 Å². The maximum atomic E-state index is 14.5. The van der Waals surface area contributed by atoms with Gasteiger partial charge < -0.3 is 14.9 Å². The molecule has 1 aliphatic heterocycles. The van der Waals surface area contributed by atoms with Gasteiger partial charge in [-0.15, -0.1) is 0 Å². The van der Waals surface area contributed by atoms with Crippen molar-refractivity contribution in [3.8, 4) is 0 Å². The highest BCUT2D eigenvalue weighted by Crippen LogP contribution is 2.38. The Balaban J connectivity index is 2.16. The maximum absolute atomic E-state index is 14.5. The van der Waals surface area contributed by atoms with Gasteiger partial charge in [0, 0.05) is 12.1 Å². The lowest BCUT2D eigenvalue weighted by atomic mass is 9.96. The van der Waals surface area contributed by atoms with Gasteiger partial charge in [-0.1, -0.05) is 44.9 Å². The molecule has 1 aromatic rings. The number of carbonyl (C=O) groups is 2. The Morgan fingerprint density at radius 3 is 2.24 bits per heavy atom. The Morgan fingerprint density at radius 2 is 1.69 bits per heavy atom. The second-order valence-corrected chi connectivity index (χ2v) is 7.64. The molecule has 1 atom stereocenters. The molecule has 1 N–H and O–H groups in total. The molecule has 0 spiro atoms. The number of nitrogens with zero attached hydrogens (tertiary/aromatic N) is 2. The van der Waals surface area contributed by atoms with Crippen LogP contribution in [-0.4, -0.2) is 52.8 Å². The van der Waals surface area contributed by atoms with E-state index in [2.05, 4.69) is 18.7 Å². The van der Waals surface area contributed by atoms with Crippen molar-refractivity contribution in [1.29, 1.82) is 0 Å².